The van der Waals surface area contributed by atoms with Gasteiger partial charge in [0.05, 0.1) is 0 Å². The predicted molar refractivity (Wildman–Crippen MR) is 94.9 cm³/mol. The first-order valence-corrected chi connectivity index (χ1v) is 8.60. The molecule has 120 valence electrons. The maximum absolute atomic E-state index is 6.14. The summed E-state index contributed by atoms with van der Waals surface area (Å²) in [6.45, 7) is 0.381. The van der Waals surface area contributed by atoms with Crippen LogP contribution in [0, 0.1) is 0 Å². The van der Waals surface area contributed by atoms with Gasteiger partial charge in [-0.25, -0.2) is 0 Å². The molecule has 0 aliphatic carbocycles. The molecular formula is C16H10Cl2N4OS. The van der Waals surface area contributed by atoms with Gasteiger partial charge in [0.1, 0.15) is 23.7 Å². The highest BCUT2D eigenvalue weighted by Gasteiger charge is 2.08. The van der Waals surface area contributed by atoms with Gasteiger partial charge in [-0.05, 0) is 36.4 Å². The maximum atomic E-state index is 6.14. The van der Waals surface area contributed by atoms with Crippen LogP contribution in [0.5, 0.6) is 5.75 Å². The van der Waals surface area contributed by atoms with Crippen LogP contribution in [0.2, 0.25) is 10.0 Å². The van der Waals surface area contributed by atoms with E-state index in [4.69, 9.17) is 27.9 Å². The standard InChI is InChI=1S/C16H10Cl2N4OS/c17-12-4-1-11(14(18)7-12)8-23-13-5-2-10(3-6-13)15-21-22-9-19-20-16(22)24-15/h1-7,9H,8H2. The molecule has 0 fully saturated rings. The number of benzene rings is 2. The van der Waals surface area contributed by atoms with Gasteiger partial charge in [-0.3, -0.25) is 0 Å². The Morgan fingerprint density at radius 3 is 2.67 bits per heavy atom. The molecule has 0 bridgehead atoms. The minimum atomic E-state index is 0.381. The van der Waals surface area contributed by atoms with Gasteiger partial charge in [0, 0.05) is 21.2 Å². The van der Waals surface area contributed by atoms with Crippen LogP contribution in [0.4, 0.5) is 0 Å². The fourth-order valence-corrected chi connectivity index (χ4v) is 3.46. The van der Waals surface area contributed by atoms with Crippen LogP contribution in [-0.4, -0.2) is 19.8 Å². The zero-order valence-corrected chi connectivity index (χ0v) is 14.5. The van der Waals surface area contributed by atoms with Crippen LogP contribution in [0.15, 0.2) is 48.8 Å². The van der Waals surface area contributed by atoms with E-state index in [-0.39, 0.29) is 0 Å². The van der Waals surface area contributed by atoms with E-state index in [0.29, 0.717) is 16.7 Å². The summed E-state index contributed by atoms with van der Waals surface area (Å²) in [4.78, 5) is 0.766. The molecule has 2 heterocycles. The lowest BCUT2D eigenvalue weighted by atomic mass is 10.2. The zero-order valence-electron chi connectivity index (χ0n) is 12.2. The molecule has 24 heavy (non-hydrogen) atoms. The van der Waals surface area contributed by atoms with Gasteiger partial charge in [-0.1, -0.05) is 40.6 Å². The van der Waals surface area contributed by atoms with Gasteiger partial charge in [0.15, 0.2) is 0 Å². The summed E-state index contributed by atoms with van der Waals surface area (Å²) < 4.78 is 7.44. The van der Waals surface area contributed by atoms with Crippen molar-refractivity contribution in [3.8, 4) is 16.3 Å². The Hall–Kier alpha value is -2.15. The Balaban J connectivity index is 1.48. The second-order valence-electron chi connectivity index (χ2n) is 5.01. The van der Waals surface area contributed by atoms with E-state index in [2.05, 4.69) is 15.3 Å². The number of hydrogen-bond donors (Lipinski definition) is 0. The van der Waals surface area contributed by atoms with Gasteiger partial charge in [-0.2, -0.15) is 9.61 Å². The molecule has 4 rings (SSSR count). The summed E-state index contributed by atoms with van der Waals surface area (Å²) in [5.74, 6) is 0.757. The number of aromatic nitrogens is 4. The van der Waals surface area contributed by atoms with Crippen LogP contribution in [0.25, 0.3) is 15.5 Å². The minimum Gasteiger partial charge on any atom is -0.489 e. The van der Waals surface area contributed by atoms with Gasteiger partial charge in [0.2, 0.25) is 4.96 Å². The van der Waals surface area contributed by atoms with Gasteiger partial charge in [-0.15, -0.1) is 10.2 Å². The molecule has 0 aliphatic rings. The highest BCUT2D eigenvalue weighted by atomic mass is 35.5. The van der Waals surface area contributed by atoms with E-state index in [1.165, 1.54) is 11.3 Å². The van der Waals surface area contributed by atoms with Crippen LogP contribution in [-0.2, 0) is 6.61 Å². The summed E-state index contributed by atoms with van der Waals surface area (Å²) >= 11 is 13.5. The zero-order chi connectivity index (χ0) is 16.5. The fourth-order valence-electron chi connectivity index (χ4n) is 2.17. The SMILES string of the molecule is Clc1ccc(COc2ccc(-c3nn4cnnc4s3)cc2)c(Cl)c1. The van der Waals surface area contributed by atoms with E-state index in [9.17, 15) is 0 Å². The molecular weight excluding hydrogens is 367 g/mol. The normalized spacial score (nSPS) is 11.1. The Kier molecular flexibility index (Phi) is 4.10. The second kappa shape index (κ2) is 6.39. The van der Waals surface area contributed by atoms with Crippen molar-refractivity contribution >= 4 is 39.5 Å². The van der Waals surface area contributed by atoms with Crippen molar-refractivity contribution in [1.29, 1.82) is 0 Å². The monoisotopic (exact) mass is 376 g/mol. The van der Waals surface area contributed by atoms with E-state index >= 15 is 0 Å². The third kappa shape index (κ3) is 3.08. The largest absolute Gasteiger partial charge is 0.489 e. The van der Waals surface area contributed by atoms with E-state index in [1.54, 1.807) is 23.0 Å². The summed E-state index contributed by atoms with van der Waals surface area (Å²) in [5.41, 5.74) is 1.89. The van der Waals surface area contributed by atoms with E-state index in [1.807, 2.05) is 30.3 Å². The van der Waals surface area contributed by atoms with Gasteiger partial charge >= 0.3 is 0 Å². The number of hydrogen-bond acceptors (Lipinski definition) is 5. The Labute approximate surface area is 151 Å². The molecule has 0 saturated carbocycles. The number of fused-ring (bicyclic) bond motifs is 1. The summed E-state index contributed by atoms with van der Waals surface area (Å²) in [5, 5.41) is 14.3. The van der Waals surface area contributed by atoms with Crippen LogP contribution < -0.4 is 4.74 Å². The quantitative estimate of drug-likeness (QED) is 0.516. The molecule has 5 nitrogen and oxygen atoms in total. The average molecular weight is 377 g/mol. The van der Waals surface area contributed by atoms with Gasteiger partial charge < -0.3 is 4.74 Å². The Morgan fingerprint density at radius 2 is 1.92 bits per heavy atom. The van der Waals surface area contributed by atoms with Crippen molar-refractivity contribution in [3.63, 3.8) is 0 Å². The Bertz CT molecular complexity index is 968. The molecule has 0 atom stereocenters. The van der Waals surface area contributed by atoms with Crippen molar-refractivity contribution in [2.75, 3.05) is 0 Å². The third-order valence-electron chi connectivity index (χ3n) is 3.40. The molecule has 2 aromatic heterocycles. The maximum Gasteiger partial charge on any atom is 0.234 e. The van der Waals surface area contributed by atoms with Crippen LogP contribution in [0.3, 0.4) is 0 Å². The molecule has 4 aromatic rings. The first kappa shape index (κ1) is 15.4. The van der Waals surface area contributed by atoms with Crippen molar-refractivity contribution in [2.24, 2.45) is 0 Å². The highest BCUT2D eigenvalue weighted by molar-refractivity contribution is 7.19. The van der Waals surface area contributed by atoms with Crippen LogP contribution >= 0.6 is 34.5 Å². The van der Waals surface area contributed by atoms with Gasteiger partial charge in [0.25, 0.3) is 0 Å². The number of nitrogens with zero attached hydrogens (tertiary/aromatic N) is 4. The summed E-state index contributed by atoms with van der Waals surface area (Å²) in [6, 6.07) is 13.1. The molecule has 0 N–H and O–H groups in total. The average Bonchev–Trinajstić information content (AvgIpc) is 3.16. The lowest BCUT2D eigenvalue weighted by Gasteiger charge is -2.08. The summed E-state index contributed by atoms with van der Waals surface area (Å²) in [6.07, 6.45) is 1.59. The molecule has 0 radical (unpaired) electrons. The van der Waals surface area contributed by atoms with Crippen molar-refractivity contribution in [2.45, 2.75) is 6.61 Å². The van der Waals surface area contributed by atoms with Crippen molar-refractivity contribution < 1.29 is 4.74 Å². The second-order valence-corrected chi connectivity index (χ2v) is 6.81. The summed E-state index contributed by atoms with van der Waals surface area (Å²) in [7, 11) is 0. The molecule has 2 aromatic carbocycles. The number of rotatable bonds is 4. The molecule has 8 heteroatoms. The first-order chi connectivity index (χ1) is 11.7. The van der Waals surface area contributed by atoms with Crippen molar-refractivity contribution in [1.82, 2.24) is 19.8 Å². The minimum absolute atomic E-state index is 0.381. The molecule has 0 saturated heterocycles. The molecule has 0 unspecified atom stereocenters. The topological polar surface area (TPSA) is 52.3 Å². The smallest absolute Gasteiger partial charge is 0.234 e. The van der Waals surface area contributed by atoms with E-state index < -0.39 is 0 Å². The molecule has 0 aliphatic heterocycles. The lowest BCUT2D eigenvalue weighted by Crippen LogP contribution is -1.96. The van der Waals surface area contributed by atoms with E-state index in [0.717, 1.165) is 26.8 Å². The molecule has 0 spiro atoms. The van der Waals surface area contributed by atoms with Crippen LogP contribution in [0.1, 0.15) is 5.56 Å². The predicted octanol–water partition coefficient (Wildman–Crippen LogP) is 4.74. The first-order valence-electron chi connectivity index (χ1n) is 7.03. The fraction of sp³-hybridized carbons (Fsp3) is 0.0625. The number of halogens is 2. The number of ether oxygens (including phenoxy) is 1. The highest BCUT2D eigenvalue weighted by Crippen LogP contribution is 2.27. The third-order valence-corrected chi connectivity index (χ3v) is 4.95. The molecule has 0 amide bonds. The lowest BCUT2D eigenvalue weighted by molar-refractivity contribution is 0.306. The van der Waals surface area contributed by atoms with Crippen molar-refractivity contribution in [3.05, 3.63) is 64.4 Å². The Morgan fingerprint density at radius 1 is 1.08 bits per heavy atom.